The lowest BCUT2D eigenvalue weighted by atomic mass is 10.1. The molecule has 3 rings (SSSR count). The van der Waals surface area contributed by atoms with Gasteiger partial charge in [-0.2, -0.15) is 11.3 Å². The lowest BCUT2D eigenvalue weighted by Gasteiger charge is -2.25. The number of carbonyl (C=O) groups is 1. The van der Waals surface area contributed by atoms with Gasteiger partial charge in [0.2, 0.25) is 5.91 Å². The average Bonchev–Trinajstić information content (AvgIpc) is 3.03. The summed E-state index contributed by atoms with van der Waals surface area (Å²) in [7, 11) is 0. The van der Waals surface area contributed by atoms with Crippen LogP contribution in [-0.2, 0) is 11.3 Å². The van der Waals surface area contributed by atoms with Crippen LogP contribution in [0.2, 0.25) is 0 Å². The van der Waals surface area contributed by atoms with Gasteiger partial charge in [-0.15, -0.1) is 0 Å². The van der Waals surface area contributed by atoms with Crippen molar-refractivity contribution in [3.63, 3.8) is 0 Å². The second-order valence-corrected chi connectivity index (χ2v) is 6.88. The lowest BCUT2D eigenvalue weighted by molar-refractivity contribution is -0.135. The largest absolute Gasteiger partial charge is 0.387 e. The maximum absolute atomic E-state index is 12.6. The predicted molar refractivity (Wildman–Crippen MR) is 88.4 cm³/mol. The van der Waals surface area contributed by atoms with E-state index in [9.17, 15) is 9.90 Å². The monoisotopic (exact) mass is 315 g/mol. The summed E-state index contributed by atoms with van der Waals surface area (Å²) in [6, 6.07) is 11.9. The number of rotatable bonds is 6. The molecule has 0 radical (unpaired) electrons. The Morgan fingerprint density at radius 2 is 2.09 bits per heavy atom. The molecule has 1 fully saturated rings. The Bertz CT molecular complexity index is 611. The van der Waals surface area contributed by atoms with Crippen molar-refractivity contribution >= 4 is 17.2 Å². The molecule has 4 heteroatoms. The van der Waals surface area contributed by atoms with E-state index in [1.54, 1.807) is 11.3 Å². The van der Waals surface area contributed by atoms with Gasteiger partial charge in [-0.05, 0) is 40.3 Å². The zero-order chi connectivity index (χ0) is 15.5. The summed E-state index contributed by atoms with van der Waals surface area (Å²) in [5.41, 5.74) is 1.99. The first-order valence-electron chi connectivity index (χ1n) is 7.68. The summed E-state index contributed by atoms with van der Waals surface area (Å²) in [5, 5.41) is 14.3. The summed E-state index contributed by atoms with van der Waals surface area (Å²) in [5.74, 6) is 0.785. The van der Waals surface area contributed by atoms with Crippen molar-refractivity contribution < 1.29 is 9.90 Å². The van der Waals surface area contributed by atoms with E-state index in [4.69, 9.17) is 0 Å². The molecule has 1 N–H and O–H groups in total. The Hall–Kier alpha value is -1.65. The summed E-state index contributed by atoms with van der Waals surface area (Å²) in [6.45, 7) is 3.02. The first-order valence-corrected chi connectivity index (χ1v) is 8.62. The Kier molecular flexibility index (Phi) is 4.60. The van der Waals surface area contributed by atoms with Gasteiger partial charge in [0, 0.05) is 12.5 Å². The molecule has 1 heterocycles. The molecule has 1 aliphatic rings. The van der Waals surface area contributed by atoms with E-state index in [1.165, 1.54) is 0 Å². The molecule has 1 amide bonds. The van der Waals surface area contributed by atoms with Crippen LogP contribution in [0.15, 0.2) is 47.2 Å². The van der Waals surface area contributed by atoms with Gasteiger partial charge >= 0.3 is 0 Å². The highest BCUT2D eigenvalue weighted by Gasteiger charge is 2.41. The van der Waals surface area contributed by atoms with E-state index < -0.39 is 6.10 Å². The number of aliphatic hydroxyl groups excluding tert-OH is 1. The standard InChI is InChI=1S/C18H21NO2S/c1-13-9-16(13)18(21)19(10-14-5-3-2-4-6-14)11-17(20)15-7-8-22-12-15/h2-8,12-13,16-17,20H,9-11H2,1H3. The fraction of sp³-hybridized carbons (Fsp3) is 0.389. The predicted octanol–water partition coefficient (Wildman–Crippen LogP) is 3.47. The summed E-state index contributed by atoms with van der Waals surface area (Å²) in [4.78, 5) is 14.5. The van der Waals surface area contributed by atoms with E-state index in [-0.39, 0.29) is 11.8 Å². The molecule has 1 aliphatic carbocycles. The van der Waals surface area contributed by atoms with Crippen molar-refractivity contribution in [1.82, 2.24) is 4.90 Å². The average molecular weight is 315 g/mol. The topological polar surface area (TPSA) is 40.5 Å². The molecular weight excluding hydrogens is 294 g/mol. The van der Waals surface area contributed by atoms with Crippen molar-refractivity contribution in [1.29, 1.82) is 0 Å². The minimum atomic E-state index is -0.618. The Morgan fingerprint density at radius 1 is 1.36 bits per heavy atom. The van der Waals surface area contributed by atoms with Crippen molar-refractivity contribution in [2.75, 3.05) is 6.54 Å². The number of hydrogen-bond donors (Lipinski definition) is 1. The number of aliphatic hydroxyl groups is 1. The number of hydrogen-bond acceptors (Lipinski definition) is 3. The number of amides is 1. The van der Waals surface area contributed by atoms with Crippen molar-refractivity contribution in [3.8, 4) is 0 Å². The van der Waals surface area contributed by atoms with Gasteiger partial charge in [0.15, 0.2) is 0 Å². The maximum atomic E-state index is 12.6. The van der Waals surface area contributed by atoms with Gasteiger partial charge in [-0.1, -0.05) is 37.3 Å². The summed E-state index contributed by atoms with van der Waals surface area (Å²) in [6.07, 6.45) is 0.353. The number of nitrogens with zero attached hydrogens (tertiary/aromatic N) is 1. The molecule has 1 aromatic heterocycles. The highest BCUT2D eigenvalue weighted by Crippen LogP contribution is 2.39. The van der Waals surface area contributed by atoms with E-state index in [0.717, 1.165) is 17.5 Å². The summed E-state index contributed by atoms with van der Waals surface area (Å²) >= 11 is 1.56. The third kappa shape index (κ3) is 3.57. The molecule has 3 nitrogen and oxygen atoms in total. The molecule has 0 saturated heterocycles. The number of carbonyl (C=O) groups excluding carboxylic acids is 1. The molecule has 116 valence electrons. The third-order valence-corrected chi connectivity index (χ3v) is 4.98. The molecule has 1 saturated carbocycles. The van der Waals surface area contributed by atoms with E-state index in [1.807, 2.05) is 52.1 Å². The van der Waals surface area contributed by atoms with Gasteiger partial charge in [0.25, 0.3) is 0 Å². The Balaban J connectivity index is 1.72. The second-order valence-electron chi connectivity index (χ2n) is 6.10. The lowest BCUT2D eigenvalue weighted by Crippen LogP contribution is -2.35. The van der Waals surface area contributed by atoms with Crippen LogP contribution in [0, 0.1) is 11.8 Å². The fourth-order valence-corrected chi connectivity index (χ4v) is 3.42. The van der Waals surface area contributed by atoms with Gasteiger partial charge < -0.3 is 10.0 Å². The highest BCUT2D eigenvalue weighted by molar-refractivity contribution is 7.07. The van der Waals surface area contributed by atoms with E-state index in [2.05, 4.69) is 6.92 Å². The van der Waals surface area contributed by atoms with Crippen LogP contribution in [0.5, 0.6) is 0 Å². The molecule has 3 unspecified atom stereocenters. The first kappa shape index (κ1) is 15.3. The zero-order valence-electron chi connectivity index (χ0n) is 12.7. The minimum Gasteiger partial charge on any atom is -0.387 e. The first-order chi connectivity index (χ1) is 10.6. The molecule has 0 aliphatic heterocycles. The molecule has 2 aromatic rings. The molecular formula is C18H21NO2S. The van der Waals surface area contributed by atoms with Gasteiger partial charge in [-0.3, -0.25) is 4.79 Å². The van der Waals surface area contributed by atoms with Crippen LogP contribution >= 0.6 is 11.3 Å². The fourth-order valence-electron chi connectivity index (χ4n) is 2.72. The van der Waals surface area contributed by atoms with Gasteiger partial charge in [0.05, 0.1) is 12.6 Å². The van der Waals surface area contributed by atoms with Crippen molar-refractivity contribution in [2.45, 2.75) is 26.0 Å². The van der Waals surface area contributed by atoms with Gasteiger partial charge in [-0.25, -0.2) is 0 Å². The highest BCUT2D eigenvalue weighted by atomic mass is 32.1. The normalized spacial score (nSPS) is 21.4. The Labute approximate surface area is 135 Å². The van der Waals surface area contributed by atoms with Crippen molar-refractivity contribution in [2.24, 2.45) is 11.8 Å². The minimum absolute atomic E-state index is 0.137. The van der Waals surface area contributed by atoms with Crippen LogP contribution in [0.3, 0.4) is 0 Å². The smallest absolute Gasteiger partial charge is 0.226 e. The molecule has 0 spiro atoms. The third-order valence-electron chi connectivity index (χ3n) is 4.28. The van der Waals surface area contributed by atoms with E-state index in [0.29, 0.717) is 19.0 Å². The molecule has 1 aromatic carbocycles. The van der Waals surface area contributed by atoms with Gasteiger partial charge in [0.1, 0.15) is 0 Å². The molecule has 3 atom stereocenters. The van der Waals surface area contributed by atoms with Crippen molar-refractivity contribution in [3.05, 3.63) is 58.3 Å². The van der Waals surface area contributed by atoms with E-state index >= 15 is 0 Å². The SMILES string of the molecule is CC1CC1C(=O)N(Cc1ccccc1)CC(O)c1ccsc1. The summed E-state index contributed by atoms with van der Waals surface area (Å²) < 4.78 is 0. The zero-order valence-corrected chi connectivity index (χ0v) is 13.5. The number of benzene rings is 1. The van der Waals surface area contributed by atoms with Crippen LogP contribution in [0.4, 0.5) is 0 Å². The van der Waals surface area contributed by atoms with Crippen LogP contribution in [-0.4, -0.2) is 22.5 Å². The van der Waals surface area contributed by atoms with Crippen LogP contribution in [0.1, 0.15) is 30.6 Å². The van der Waals surface area contributed by atoms with Crippen LogP contribution in [0.25, 0.3) is 0 Å². The van der Waals surface area contributed by atoms with Crippen LogP contribution < -0.4 is 0 Å². The Morgan fingerprint density at radius 3 is 2.68 bits per heavy atom. The number of thiophene rings is 1. The molecule has 22 heavy (non-hydrogen) atoms. The quantitative estimate of drug-likeness (QED) is 0.887. The second kappa shape index (κ2) is 6.63. The maximum Gasteiger partial charge on any atom is 0.226 e. The molecule has 0 bridgehead atoms.